The molecule has 4 nitrogen and oxygen atoms in total. The molecule has 1 aliphatic rings. The average Bonchev–Trinajstić information content (AvgIpc) is 2.75. The van der Waals surface area contributed by atoms with Crippen LogP contribution in [0.5, 0.6) is 0 Å². The lowest BCUT2D eigenvalue weighted by Crippen LogP contribution is -2.35. The van der Waals surface area contributed by atoms with Gasteiger partial charge in [-0.1, -0.05) is 30.3 Å². The molecule has 29 heavy (non-hydrogen) atoms. The lowest BCUT2D eigenvalue weighted by molar-refractivity contribution is 0.0984. The van der Waals surface area contributed by atoms with Crippen LogP contribution in [0.25, 0.3) is 0 Å². The second-order valence-corrected chi connectivity index (χ2v) is 7.47. The Kier molecular flexibility index (Phi) is 5.17. The maximum absolute atomic E-state index is 13.0. The summed E-state index contributed by atoms with van der Waals surface area (Å²) < 4.78 is 0. The zero-order valence-electron chi connectivity index (χ0n) is 16.7. The van der Waals surface area contributed by atoms with Crippen molar-refractivity contribution in [2.45, 2.75) is 26.7 Å². The van der Waals surface area contributed by atoms with Gasteiger partial charge >= 0.3 is 0 Å². The molecule has 1 aliphatic heterocycles. The van der Waals surface area contributed by atoms with E-state index in [-0.39, 0.29) is 11.8 Å². The van der Waals surface area contributed by atoms with Gasteiger partial charge in [-0.25, -0.2) is 0 Å². The Morgan fingerprint density at radius 3 is 2.45 bits per heavy atom. The first kappa shape index (κ1) is 18.9. The second-order valence-electron chi connectivity index (χ2n) is 7.47. The molecule has 3 aromatic carbocycles. The molecular weight excluding hydrogens is 360 g/mol. The third-order valence-electron chi connectivity index (χ3n) is 5.59. The number of hydrogen-bond donors (Lipinski definition) is 1. The van der Waals surface area contributed by atoms with Gasteiger partial charge in [0.1, 0.15) is 0 Å². The number of nitrogens with one attached hydrogen (secondary N) is 1. The highest BCUT2D eigenvalue weighted by atomic mass is 16.2. The van der Waals surface area contributed by atoms with E-state index in [1.165, 1.54) is 5.56 Å². The van der Waals surface area contributed by atoms with Gasteiger partial charge in [0.15, 0.2) is 0 Å². The lowest BCUT2D eigenvalue weighted by Gasteiger charge is -2.29. The van der Waals surface area contributed by atoms with E-state index in [0.717, 1.165) is 36.2 Å². The van der Waals surface area contributed by atoms with Crippen molar-refractivity contribution < 1.29 is 9.59 Å². The third-order valence-corrected chi connectivity index (χ3v) is 5.59. The number of fused-ring (bicyclic) bond motifs is 1. The molecule has 0 fully saturated rings. The Morgan fingerprint density at radius 1 is 0.897 bits per heavy atom. The minimum atomic E-state index is -0.143. The molecule has 0 aliphatic carbocycles. The van der Waals surface area contributed by atoms with Crippen LogP contribution in [0, 0.1) is 13.8 Å². The molecule has 1 heterocycles. The number of nitrogens with zero attached hydrogens (tertiary/aromatic N) is 1. The highest BCUT2D eigenvalue weighted by molar-refractivity contribution is 6.08. The number of carbonyl (C=O) groups is 2. The van der Waals surface area contributed by atoms with Crippen molar-refractivity contribution in [2.75, 3.05) is 16.8 Å². The van der Waals surface area contributed by atoms with Crippen LogP contribution in [0.1, 0.15) is 43.8 Å². The van der Waals surface area contributed by atoms with Crippen LogP contribution >= 0.6 is 0 Å². The highest BCUT2D eigenvalue weighted by Crippen LogP contribution is 2.28. The van der Waals surface area contributed by atoms with E-state index < -0.39 is 0 Å². The molecule has 4 rings (SSSR count). The Morgan fingerprint density at radius 2 is 1.66 bits per heavy atom. The van der Waals surface area contributed by atoms with Gasteiger partial charge in [0.2, 0.25) is 0 Å². The van der Waals surface area contributed by atoms with Gasteiger partial charge in [0.05, 0.1) is 0 Å². The number of carbonyl (C=O) groups excluding carboxylic acids is 2. The number of amides is 2. The molecule has 0 unspecified atom stereocenters. The summed E-state index contributed by atoms with van der Waals surface area (Å²) in [7, 11) is 0. The number of benzene rings is 3. The molecule has 0 spiro atoms. The molecule has 0 bridgehead atoms. The standard InChI is InChI=1S/C25H24N2O2/c1-17-7-5-10-22(18(17)2)24(28)26-21-14-12-20(13-15-21)25(29)27-16-6-9-19-8-3-4-11-23(19)27/h3-5,7-8,10-15H,6,9,16H2,1-2H3,(H,26,28). The molecule has 1 N–H and O–H groups in total. The monoisotopic (exact) mass is 384 g/mol. The van der Waals surface area contributed by atoms with Crippen molar-refractivity contribution in [3.05, 3.63) is 94.5 Å². The van der Waals surface area contributed by atoms with E-state index in [2.05, 4.69) is 11.4 Å². The van der Waals surface area contributed by atoms with Gasteiger partial charge in [0, 0.05) is 29.0 Å². The van der Waals surface area contributed by atoms with E-state index in [4.69, 9.17) is 0 Å². The topological polar surface area (TPSA) is 49.4 Å². The molecule has 0 saturated carbocycles. The summed E-state index contributed by atoms with van der Waals surface area (Å²) in [5, 5.41) is 2.92. The summed E-state index contributed by atoms with van der Waals surface area (Å²) in [6, 6.07) is 20.9. The van der Waals surface area contributed by atoms with Crippen molar-refractivity contribution in [3.63, 3.8) is 0 Å². The number of para-hydroxylation sites is 1. The molecular formula is C25H24N2O2. The van der Waals surface area contributed by atoms with E-state index >= 15 is 0 Å². The zero-order valence-corrected chi connectivity index (χ0v) is 16.7. The maximum Gasteiger partial charge on any atom is 0.258 e. The first-order chi connectivity index (χ1) is 14.0. The summed E-state index contributed by atoms with van der Waals surface area (Å²) >= 11 is 0. The lowest BCUT2D eigenvalue weighted by atomic mass is 10.0. The van der Waals surface area contributed by atoms with Crippen LogP contribution < -0.4 is 10.2 Å². The Bertz CT molecular complexity index is 1070. The van der Waals surface area contributed by atoms with E-state index in [1.807, 2.05) is 55.1 Å². The van der Waals surface area contributed by atoms with E-state index in [0.29, 0.717) is 16.8 Å². The molecule has 0 radical (unpaired) electrons. The molecule has 2 amide bonds. The smallest absolute Gasteiger partial charge is 0.258 e. The van der Waals surface area contributed by atoms with Crippen molar-refractivity contribution in [1.29, 1.82) is 0 Å². The third kappa shape index (κ3) is 3.79. The molecule has 146 valence electrons. The normalized spacial score (nSPS) is 13.0. The maximum atomic E-state index is 13.0. The fourth-order valence-corrected chi connectivity index (χ4v) is 3.79. The van der Waals surface area contributed by atoms with Gasteiger partial charge in [-0.2, -0.15) is 0 Å². The first-order valence-electron chi connectivity index (χ1n) is 9.92. The predicted octanol–water partition coefficient (Wildman–Crippen LogP) is 5.15. The summed E-state index contributed by atoms with van der Waals surface area (Å²) in [5.41, 5.74) is 6.22. The van der Waals surface area contributed by atoms with Crippen molar-refractivity contribution in [2.24, 2.45) is 0 Å². The molecule has 4 heteroatoms. The summed E-state index contributed by atoms with van der Waals surface area (Å²) in [6.07, 6.45) is 1.97. The fraction of sp³-hybridized carbons (Fsp3) is 0.200. The number of anilines is 2. The van der Waals surface area contributed by atoms with Crippen LogP contribution in [-0.4, -0.2) is 18.4 Å². The Labute approximate surface area is 171 Å². The minimum Gasteiger partial charge on any atom is -0.322 e. The average molecular weight is 384 g/mol. The van der Waals surface area contributed by atoms with Crippen LogP contribution in [0.15, 0.2) is 66.7 Å². The van der Waals surface area contributed by atoms with E-state index in [9.17, 15) is 9.59 Å². The first-order valence-corrected chi connectivity index (χ1v) is 9.92. The van der Waals surface area contributed by atoms with Gasteiger partial charge < -0.3 is 10.2 Å². The van der Waals surface area contributed by atoms with Gasteiger partial charge in [-0.3, -0.25) is 9.59 Å². The highest BCUT2D eigenvalue weighted by Gasteiger charge is 2.23. The fourth-order valence-electron chi connectivity index (χ4n) is 3.79. The largest absolute Gasteiger partial charge is 0.322 e. The molecule has 0 atom stereocenters. The van der Waals surface area contributed by atoms with Crippen molar-refractivity contribution in [1.82, 2.24) is 0 Å². The zero-order chi connectivity index (χ0) is 20.4. The Hall–Kier alpha value is -3.40. The van der Waals surface area contributed by atoms with Crippen molar-refractivity contribution in [3.8, 4) is 0 Å². The molecule has 0 aromatic heterocycles. The van der Waals surface area contributed by atoms with Crippen LogP contribution in [-0.2, 0) is 6.42 Å². The Balaban J connectivity index is 1.51. The quantitative estimate of drug-likeness (QED) is 0.679. The predicted molar refractivity (Wildman–Crippen MR) is 117 cm³/mol. The number of rotatable bonds is 3. The minimum absolute atomic E-state index is 0.00967. The SMILES string of the molecule is Cc1cccc(C(=O)Nc2ccc(C(=O)N3CCCc4ccccc43)cc2)c1C. The van der Waals surface area contributed by atoms with Gasteiger partial charge in [0.25, 0.3) is 11.8 Å². The second kappa shape index (κ2) is 7.92. The summed E-state index contributed by atoms with van der Waals surface area (Å²) in [6.45, 7) is 4.66. The van der Waals surface area contributed by atoms with Gasteiger partial charge in [-0.05, 0) is 79.8 Å². The van der Waals surface area contributed by atoms with Gasteiger partial charge in [-0.15, -0.1) is 0 Å². The number of aryl methyl sites for hydroxylation is 2. The summed E-state index contributed by atoms with van der Waals surface area (Å²) in [4.78, 5) is 27.5. The van der Waals surface area contributed by atoms with E-state index in [1.54, 1.807) is 24.3 Å². The van der Waals surface area contributed by atoms with Crippen LogP contribution in [0.2, 0.25) is 0 Å². The number of hydrogen-bond acceptors (Lipinski definition) is 2. The van der Waals surface area contributed by atoms with Crippen LogP contribution in [0.3, 0.4) is 0 Å². The summed E-state index contributed by atoms with van der Waals surface area (Å²) in [5.74, 6) is -0.153. The molecule has 3 aromatic rings. The molecule has 0 saturated heterocycles. The van der Waals surface area contributed by atoms with Crippen molar-refractivity contribution >= 4 is 23.2 Å². The van der Waals surface area contributed by atoms with Crippen LogP contribution in [0.4, 0.5) is 11.4 Å².